The second-order valence-electron chi connectivity index (χ2n) is 24.4. The van der Waals surface area contributed by atoms with Gasteiger partial charge in [0.1, 0.15) is 0 Å². The maximum Gasteiger partial charge on any atom is 0.164 e. The third kappa shape index (κ3) is 10.3. The minimum Gasteiger partial charge on any atom is -0.309 e. The molecule has 3 aromatic heterocycles. The predicted molar refractivity (Wildman–Crippen MR) is 397 cm³/mol. The zero-order chi connectivity index (χ0) is 65.6. The lowest BCUT2D eigenvalue weighted by Gasteiger charge is -2.18. The highest BCUT2D eigenvalue weighted by Crippen LogP contribution is 2.45. The second-order valence-corrected chi connectivity index (χ2v) is 24.4. The molecule has 17 rings (SSSR count). The molecule has 0 radical (unpaired) electrons. The van der Waals surface area contributed by atoms with Crippen LogP contribution in [0.25, 0.3) is 167 Å². The summed E-state index contributed by atoms with van der Waals surface area (Å²) in [5, 5.41) is 36.3. The van der Waals surface area contributed by atoms with E-state index in [0.717, 1.165) is 138 Å². The fourth-order valence-corrected chi connectivity index (χ4v) is 14.0. The lowest BCUT2D eigenvalue weighted by atomic mass is 9.96. The van der Waals surface area contributed by atoms with E-state index in [0.29, 0.717) is 45.3 Å². The van der Waals surface area contributed by atoms with Crippen LogP contribution in [0.2, 0.25) is 0 Å². The van der Waals surface area contributed by atoms with Crippen LogP contribution >= 0.6 is 0 Å². The molecule has 14 aromatic carbocycles. The molecule has 3 heterocycles. The van der Waals surface area contributed by atoms with Gasteiger partial charge in [0.2, 0.25) is 0 Å². The van der Waals surface area contributed by atoms with E-state index in [4.69, 9.17) is 15.0 Å². The van der Waals surface area contributed by atoms with Gasteiger partial charge in [-0.15, -0.1) is 0 Å². The van der Waals surface area contributed by atoms with E-state index in [-0.39, 0.29) is 0 Å². The van der Waals surface area contributed by atoms with Gasteiger partial charge in [-0.3, -0.25) is 0 Å². The highest BCUT2D eigenvalue weighted by atomic mass is 15.0. The van der Waals surface area contributed by atoms with E-state index in [1.165, 1.54) is 0 Å². The summed E-state index contributed by atoms with van der Waals surface area (Å²) >= 11 is 0. The molecule has 0 aliphatic heterocycles. The van der Waals surface area contributed by atoms with Crippen LogP contribution in [-0.2, 0) is 0 Å². The van der Waals surface area contributed by atoms with Gasteiger partial charge in [0.05, 0.1) is 68.3 Å². The van der Waals surface area contributed by atoms with Crippen molar-refractivity contribution in [3.63, 3.8) is 0 Å². The molecule has 0 fully saturated rings. The largest absolute Gasteiger partial charge is 0.309 e. The number of nitrogens with zero attached hydrogens (tertiary/aromatic N) is 8. The van der Waals surface area contributed by atoms with Gasteiger partial charge in [-0.05, 0) is 141 Å². The van der Waals surface area contributed by atoms with Gasteiger partial charge >= 0.3 is 0 Å². The summed E-state index contributed by atoms with van der Waals surface area (Å²) in [4.78, 5) is 16.5. The van der Waals surface area contributed by atoms with E-state index in [1.54, 1.807) is 0 Å². The molecule has 17 aromatic rings. The maximum atomic E-state index is 10.8. The average Bonchev–Trinajstić information content (AvgIpc) is 1.57. The summed E-state index contributed by atoms with van der Waals surface area (Å²) in [5.41, 5.74) is 23.0. The molecule has 0 spiro atoms. The number of hydrogen-bond donors (Lipinski definition) is 0. The Bertz CT molecular complexity index is 5630. The summed E-state index contributed by atoms with van der Waals surface area (Å²) in [5.74, 6) is 1.23. The summed E-state index contributed by atoms with van der Waals surface area (Å²) in [7, 11) is 0. The molecule has 98 heavy (non-hydrogen) atoms. The Labute approximate surface area is 566 Å². The summed E-state index contributed by atoms with van der Waals surface area (Å²) in [6.07, 6.45) is 0. The third-order valence-electron chi connectivity index (χ3n) is 18.7. The Kier molecular flexibility index (Phi) is 14.5. The lowest BCUT2D eigenvalue weighted by Crippen LogP contribution is -2.04. The number of fused-ring (bicyclic) bond motifs is 6. The number of nitriles is 3. The van der Waals surface area contributed by atoms with Crippen molar-refractivity contribution in [1.29, 1.82) is 15.8 Å². The molecule has 0 saturated heterocycles. The minimum atomic E-state index is 0.409. The molecule has 0 aliphatic rings. The summed E-state index contributed by atoms with van der Waals surface area (Å²) in [6, 6.07) is 120. The fourth-order valence-electron chi connectivity index (χ4n) is 14.0. The van der Waals surface area contributed by atoms with Gasteiger partial charge in [0.15, 0.2) is 17.5 Å². The first-order valence-electron chi connectivity index (χ1n) is 32.5. The van der Waals surface area contributed by atoms with Crippen molar-refractivity contribution in [3.8, 4) is 142 Å². The molecule has 454 valence electrons. The van der Waals surface area contributed by atoms with Crippen LogP contribution in [0.5, 0.6) is 0 Å². The number of aromatic nitrogens is 5. The third-order valence-corrected chi connectivity index (χ3v) is 18.7. The Morgan fingerprint density at radius 2 is 0.480 bits per heavy atom. The SMILES string of the molecule is N#Cc1ccccc1-c1cccc(-c2nc(-c3ccc(-c4ccccc4C#N)c(-n4c5ccc(-c6ccccc6)cc5c5cc(-c6ccccc6)ccc54)c3)nc(-c3ccc(-c4ccccc4C#N)c(-n4c5ccc(-c6ccccc6)cc5c5cc(-c6ccccc6)ccc54)c3)n2)c1. The smallest absolute Gasteiger partial charge is 0.164 e. The first kappa shape index (κ1) is 58.0. The second kappa shape index (κ2) is 24.6. The Hall–Kier alpha value is -13.8. The molecule has 0 unspecified atom stereocenters. The van der Waals surface area contributed by atoms with Gasteiger partial charge in [-0.25, -0.2) is 15.0 Å². The standard InChI is InChI=1S/C90H54N8/c91-55-70-28-13-16-33-73(70)66-31-19-32-67(48-66)88-94-89(68-36-42-76(74-34-17-14-29-71(74)56-92)86(53-68)97-82-44-38-62(58-20-5-1-6-21-58)49-78(82)79-50-63(39-45-83(79)97)59-22-7-2-8-23-59)96-90(95-88)69-37-43-77(75-35-18-15-30-72(75)57-93)87(54-69)98-84-46-40-64(60-24-9-3-10-25-60)51-80(84)81-52-65(41-47-85(81)98)61-26-11-4-12-27-61/h1-54H. The van der Waals surface area contributed by atoms with E-state index >= 15 is 0 Å². The lowest BCUT2D eigenvalue weighted by molar-refractivity contribution is 1.07. The molecular formula is C90H54N8. The molecule has 8 nitrogen and oxygen atoms in total. The highest BCUT2D eigenvalue weighted by Gasteiger charge is 2.25. The zero-order valence-electron chi connectivity index (χ0n) is 52.8. The zero-order valence-corrected chi connectivity index (χ0v) is 52.8. The van der Waals surface area contributed by atoms with Crippen molar-refractivity contribution in [2.45, 2.75) is 0 Å². The van der Waals surface area contributed by atoms with Crippen LogP contribution in [0, 0.1) is 34.0 Å². The normalized spacial score (nSPS) is 11.2. The number of benzene rings is 14. The van der Waals surface area contributed by atoms with Crippen molar-refractivity contribution in [2.75, 3.05) is 0 Å². The molecular weight excluding hydrogens is 1190 g/mol. The Morgan fingerprint density at radius 3 is 0.827 bits per heavy atom. The van der Waals surface area contributed by atoms with Crippen molar-refractivity contribution in [3.05, 3.63) is 344 Å². The van der Waals surface area contributed by atoms with Crippen LogP contribution in [0.15, 0.2) is 328 Å². The van der Waals surface area contributed by atoms with Crippen LogP contribution in [0.4, 0.5) is 0 Å². The van der Waals surface area contributed by atoms with Crippen LogP contribution in [0.3, 0.4) is 0 Å². The molecule has 0 atom stereocenters. The Morgan fingerprint density at radius 1 is 0.204 bits per heavy atom. The quantitative estimate of drug-likeness (QED) is 0.120. The van der Waals surface area contributed by atoms with Crippen LogP contribution < -0.4 is 0 Å². The summed E-state index contributed by atoms with van der Waals surface area (Å²) in [6.45, 7) is 0. The molecule has 0 N–H and O–H groups in total. The molecule has 0 bridgehead atoms. The van der Waals surface area contributed by atoms with Crippen molar-refractivity contribution in [1.82, 2.24) is 24.1 Å². The minimum absolute atomic E-state index is 0.409. The monoisotopic (exact) mass is 1250 g/mol. The molecule has 0 aliphatic carbocycles. The van der Waals surface area contributed by atoms with E-state index in [1.807, 2.05) is 133 Å². The highest BCUT2D eigenvalue weighted by molar-refractivity contribution is 6.14. The van der Waals surface area contributed by atoms with Gasteiger partial charge in [0.25, 0.3) is 0 Å². The first-order valence-corrected chi connectivity index (χ1v) is 32.5. The van der Waals surface area contributed by atoms with E-state index in [9.17, 15) is 15.8 Å². The maximum absolute atomic E-state index is 10.8. The van der Waals surface area contributed by atoms with Gasteiger partial charge < -0.3 is 9.13 Å². The number of rotatable bonds is 12. The number of hydrogen-bond acceptors (Lipinski definition) is 6. The molecule has 0 amide bonds. The predicted octanol–water partition coefficient (Wildman–Crippen LogP) is 22.4. The molecule has 0 saturated carbocycles. The van der Waals surface area contributed by atoms with E-state index < -0.39 is 0 Å². The van der Waals surface area contributed by atoms with Gasteiger partial charge in [-0.1, -0.05) is 243 Å². The van der Waals surface area contributed by atoms with Crippen molar-refractivity contribution in [2.24, 2.45) is 0 Å². The van der Waals surface area contributed by atoms with Crippen LogP contribution in [0.1, 0.15) is 16.7 Å². The van der Waals surface area contributed by atoms with Gasteiger partial charge in [0, 0.05) is 60.5 Å². The van der Waals surface area contributed by atoms with Crippen molar-refractivity contribution < 1.29 is 0 Å². The Balaban J connectivity index is 0.927. The topological polar surface area (TPSA) is 120 Å². The van der Waals surface area contributed by atoms with Crippen LogP contribution in [-0.4, -0.2) is 24.1 Å². The first-order chi connectivity index (χ1) is 48.4. The summed E-state index contributed by atoms with van der Waals surface area (Å²) < 4.78 is 4.64. The fraction of sp³-hybridized carbons (Fsp3) is 0. The molecule has 8 heteroatoms. The van der Waals surface area contributed by atoms with Gasteiger partial charge in [-0.2, -0.15) is 15.8 Å². The van der Waals surface area contributed by atoms with E-state index in [2.05, 4.69) is 221 Å². The van der Waals surface area contributed by atoms with Crippen molar-refractivity contribution >= 4 is 43.6 Å². The average molecular weight is 1250 g/mol.